The Labute approximate surface area is 312 Å². The molecule has 11 heteroatoms. The van der Waals surface area contributed by atoms with Crippen molar-refractivity contribution in [2.45, 2.75) is 181 Å². The van der Waals surface area contributed by atoms with E-state index in [0.29, 0.717) is 32.5 Å². The summed E-state index contributed by atoms with van der Waals surface area (Å²) in [4.78, 5) is 55.0. The van der Waals surface area contributed by atoms with Gasteiger partial charge in [0.1, 0.15) is 0 Å². The molecule has 0 heterocycles. The number of rotatable bonds is 39. The summed E-state index contributed by atoms with van der Waals surface area (Å²) in [6.45, 7) is 7.87. The summed E-state index contributed by atoms with van der Waals surface area (Å²) in [5.41, 5.74) is 5.54. The molecule has 0 bridgehead atoms. The Morgan fingerprint density at radius 2 is 0.902 bits per heavy atom. The molecule has 0 unspecified atom stereocenters. The van der Waals surface area contributed by atoms with Crippen molar-refractivity contribution in [3.8, 4) is 0 Å². The Kier molecular flexibility index (Phi) is 37.0. The Bertz CT molecular complexity index is 839. The van der Waals surface area contributed by atoms with Crippen molar-refractivity contribution in [3.63, 3.8) is 0 Å². The van der Waals surface area contributed by atoms with Gasteiger partial charge in [-0.2, -0.15) is 11.0 Å². The molecule has 0 amide bonds. The van der Waals surface area contributed by atoms with Gasteiger partial charge in [0.25, 0.3) is 0 Å². The zero-order chi connectivity index (χ0) is 37.5. The molecule has 0 aliphatic rings. The number of hydrogen-bond donors (Lipinski definition) is 4. The largest absolute Gasteiger partial charge is 0.371 e. The molecule has 0 aliphatic carbocycles. The topological polar surface area (TPSA) is 137 Å². The van der Waals surface area contributed by atoms with E-state index in [1.54, 1.807) is 0 Å². The third kappa shape index (κ3) is 41.1. The van der Waals surface area contributed by atoms with Crippen molar-refractivity contribution in [2.24, 2.45) is 0 Å². The summed E-state index contributed by atoms with van der Waals surface area (Å²) in [7, 11) is -4.01. The molecule has 4 N–H and O–H groups in total. The second-order valence-corrected chi connectivity index (χ2v) is 15.7. The quantitative estimate of drug-likeness (QED) is 0.0208. The van der Waals surface area contributed by atoms with Crippen LogP contribution in [0.1, 0.15) is 181 Å². The highest BCUT2D eigenvalue weighted by Crippen LogP contribution is 2.33. The van der Waals surface area contributed by atoms with Crippen LogP contribution in [0.5, 0.6) is 0 Å². The summed E-state index contributed by atoms with van der Waals surface area (Å²) in [5.74, 6) is -0.376. The lowest BCUT2D eigenvalue weighted by Crippen LogP contribution is -2.29. The molecule has 0 rings (SSSR count). The molecule has 300 valence electrons. The van der Waals surface area contributed by atoms with Crippen LogP contribution in [0.4, 0.5) is 0 Å². The van der Waals surface area contributed by atoms with Crippen molar-refractivity contribution in [2.75, 3.05) is 38.9 Å². The van der Waals surface area contributed by atoms with Gasteiger partial charge in [0.15, 0.2) is 0 Å². The van der Waals surface area contributed by atoms with Crippen LogP contribution in [0.3, 0.4) is 0 Å². The minimum absolute atomic E-state index is 0.0880. The predicted molar refractivity (Wildman–Crippen MR) is 211 cm³/mol. The monoisotopic (exact) mass is 744 g/mol. The lowest BCUT2D eigenvalue weighted by molar-refractivity contribution is -0.152. The van der Waals surface area contributed by atoms with E-state index in [0.717, 1.165) is 129 Å². The van der Waals surface area contributed by atoms with Crippen molar-refractivity contribution in [3.05, 3.63) is 24.3 Å². The van der Waals surface area contributed by atoms with Gasteiger partial charge in [-0.25, -0.2) is 0 Å². The fourth-order valence-electron chi connectivity index (χ4n) is 5.73. The van der Waals surface area contributed by atoms with Crippen LogP contribution in [-0.2, 0) is 23.8 Å². The third-order valence-corrected chi connectivity index (χ3v) is 9.68. The van der Waals surface area contributed by atoms with Gasteiger partial charge in [-0.05, 0) is 77.3 Å². The number of nitrogens with one attached hydrogen (secondary N) is 2. The van der Waals surface area contributed by atoms with Crippen molar-refractivity contribution in [1.29, 1.82) is 0 Å². The van der Waals surface area contributed by atoms with E-state index < -0.39 is 7.60 Å². The molecular formula is C40H78N3O7P. The Balaban J connectivity index is 3.80. The normalized spacial score (nSPS) is 12.1. The van der Waals surface area contributed by atoms with E-state index in [1.807, 2.05) is 0 Å². The first kappa shape index (κ1) is 49.5. The average Bonchev–Trinajstić information content (AvgIpc) is 3.10. The van der Waals surface area contributed by atoms with Gasteiger partial charge in [0.05, 0.1) is 6.16 Å². The molecular weight excluding hydrogens is 665 g/mol. The van der Waals surface area contributed by atoms with Crippen LogP contribution in [-0.4, -0.2) is 65.5 Å². The molecule has 0 spiro atoms. The van der Waals surface area contributed by atoms with E-state index >= 15 is 0 Å². The summed E-state index contributed by atoms with van der Waals surface area (Å²) >= 11 is 0. The van der Waals surface area contributed by atoms with Crippen LogP contribution in [0.15, 0.2) is 24.3 Å². The van der Waals surface area contributed by atoms with Crippen LogP contribution in [0.2, 0.25) is 0 Å². The molecule has 0 radical (unpaired) electrons. The number of carbonyl (C=O) groups is 2. The molecule has 0 atom stereocenters. The average molecular weight is 744 g/mol. The number of nitrogens with zero attached hydrogens (tertiary/aromatic N) is 1. The van der Waals surface area contributed by atoms with Gasteiger partial charge in [0.2, 0.25) is 0 Å². The van der Waals surface area contributed by atoms with Crippen LogP contribution < -0.4 is 11.0 Å². The summed E-state index contributed by atoms with van der Waals surface area (Å²) in [5, 5.41) is 0. The number of hydroxylamine groups is 2. The standard InChI is InChI=1S/C40H78N3O7P/c1-3-5-7-9-15-21-27-33-41-49-39(44)31-25-19-13-11-17-23-29-35-43(37-38-51(46,47)48)36-30-24-18-12-14-20-26-32-40(45)50-42-34-28-22-16-10-8-6-4-2/h15-16,21-22,41-42H,3-14,17-20,23-38H2,1-2H3,(H2,46,47,48)/b21-15-,22-16-. The highest BCUT2D eigenvalue weighted by Gasteiger charge is 2.15. The first-order valence-electron chi connectivity index (χ1n) is 20.7. The number of hydrogen-bond acceptors (Lipinski definition) is 8. The van der Waals surface area contributed by atoms with Crippen molar-refractivity contribution >= 4 is 19.5 Å². The molecule has 0 aromatic rings. The lowest BCUT2D eigenvalue weighted by Gasteiger charge is -2.22. The fraction of sp³-hybridized carbons (Fsp3) is 0.850. The highest BCUT2D eigenvalue weighted by molar-refractivity contribution is 7.51. The van der Waals surface area contributed by atoms with Crippen molar-refractivity contribution < 1.29 is 33.6 Å². The Morgan fingerprint density at radius 1 is 0.529 bits per heavy atom. The molecule has 0 saturated carbocycles. The van der Waals surface area contributed by atoms with E-state index in [9.17, 15) is 23.9 Å². The first-order valence-corrected chi connectivity index (χ1v) is 22.5. The molecule has 10 nitrogen and oxygen atoms in total. The minimum atomic E-state index is -4.01. The van der Waals surface area contributed by atoms with Crippen LogP contribution in [0.25, 0.3) is 0 Å². The van der Waals surface area contributed by atoms with Crippen LogP contribution in [0, 0.1) is 0 Å². The van der Waals surface area contributed by atoms with E-state index in [1.165, 1.54) is 38.5 Å². The van der Waals surface area contributed by atoms with Gasteiger partial charge in [-0.1, -0.05) is 128 Å². The van der Waals surface area contributed by atoms with Gasteiger partial charge >= 0.3 is 19.5 Å². The molecule has 0 aromatic heterocycles. The second-order valence-electron chi connectivity index (χ2n) is 13.9. The zero-order valence-electron chi connectivity index (χ0n) is 32.8. The third-order valence-electron chi connectivity index (χ3n) is 8.90. The number of allylic oxidation sites excluding steroid dienone is 2. The number of unbranched alkanes of at least 4 members (excludes halogenated alkanes) is 18. The lowest BCUT2D eigenvalue weighted by atomic mass is 10.1. The molecule has 0 fully saturated rings. The number of carbonyl (C=O) groups excluding carboxylic acids is 2. The smallest absolute Gasteiger partial charge is 0.326 e. The van der Waals surface area contributed by atoms with Crippen LogP contribution >= 0.6 is 7.60 Å². The van der Waals surface area contributed by atoms with Crippen molar-refractivity contribution in [1.82, 2.24) is 15.9 Å². The summed E-state index contributed by atoms with van der Waals surface area (Å²) in [6, 6.07) is 0. The fourth-order valence-corrected chi connectivity index (χ4v) is 6.27. The van der Waals surface area contributed by atoms with Gasteiger partial charge < -0.3 is 24.4 Å². The van der Waals surface area contributed by atoms with E-state index in [4.69, 9.17) is 9.68 Å². The molecule has 51 heavy (non-hydrogen) atoms. The summed E-state index contributed by atoms with van der Waals surface area (Å²) < 4.78 is 11.5. The zero-order valence-corrected chi connectivity index (χ0v) is 33.7. The maximum atomic E-state index is 11.9. The minimum Gasteiger partial charge on any atom is -0.371 e. The molecule has 0 aliphatic heterocycles. The Morgan fingerprint density at radius 3 is 1.29 bits per heavy atom. The molecule has 0 aromatic carbocycles. The summed E-state index contributed by atoms with van der Waals surface area (Å²) in [6.07, 6.45) is 35.7. The van der Waals surface area contributed by atoms with Gasteiger partial charge in [-0.3, -0.25) is 14.2 Å². The van der Waals surface area contributed by atoms with E-state index in [-0.39, 0.29) is 18.1 Å². The van der Waals surface area contributed by atoms with Gasteiger partial charge in [-0.15, -0.1) is 0 Å². The second kappa shape index (κ2) is 38.2. The highest BCUT2D eigenvalue weighted by atomic mass is 31.2. The predicted octanol–water partition coefficient (Wildman–Crippen LogP) is 9.86. The maximum absolute atomic E-state index is 11.9. The maximum Gasteiger partial charge on any atom is 0.326 e. The Hall–Kier alpha value is -1.55. The first-order chi connectivity index (χ1) is 24.8. The van der Waals surface area contributed by atoms with E-state index in [2.05, 4.69) is 54.0 Å². The van der Waals surface area contributed by atoms with Gasteiger partial charge in [0, 0.05) is 32.5 Å². The molecule has 0 saturated heterocycles. The SMILES string of the molecule is CCCCC/C=C\CCNOC(=O)CCCCCCCCCN(CCCCCCCCCC(=O)ONCC/C=C\CCCCC)CCP(=O)(O)O.